The molecule has 0 aromatic heterocycles. The van der Waals surface area contributed by atoms with E-state index in [4.69, 9.17) is 16.3 Å². The van der Waals surface area contributed by atoms with E-state index < -0.39 is 5.82 Å². The maximum Gasteiger partial charge on any atom is 0.227 e. The summed E-state index contributed by atoms with van der Waals surface area (Å²) in [7, 11) is 1.67. The first-order valence-electron chi connectivity index (χ1n) is 9.49. The first-order chi connectivity index (χ1) is 13.0. The van der Waals surface area contributed by atoms with Gasteiger partial charge in [-0.1, -0.05) is 17.7 Å². The fraction of sp³-hybridized carbons (Fsp3) is 0.600. The van der Waals surface area contributed by atoms with Crippen molar-refractivity contribution in [1.29, 1.82) is 0 Å². The summed E-state index contributed by atoms with van der Waals surface area (Å²) in [4.78, 5) is 28.9. The van der Waals surface area contributed by atoms with Crippen LogP contribution in [0.15, 0.2) is 18.2 Å². The molecule has 0 spiro atoms. The lowest BCUT2D eigenvalue weighted by atomic mass is 9.83. The molecule has 2 aliphatic rings. The van der Waals surface area contributed by atoms with Gasteiger partial charge < -0.3 is 14.5 Å². The number of benzene rings is 1. The Labute approximate surface area is 164 Å². The molecule has 2 heterocycles. The van der Waals surface area contributed by atoms with Gasteiger partial charge in [0.15, 0.2) is 0 Å². The van der Waals surface area contributed by atoms with E-state index in [2.05, 4.69) is 0 Å². The van der Waals surface area contributed by atoms with Crippen LogP contribution >= 0.6 is 11.6 Å². The number of carbonyl (C=O) groups excluding carboxylic acids is 2. The molecule has 2 aliphatic heterocycles. The summed E-state index contributed by atoms with van der Waals surface area (Å²) < 4.78 is 18.4. The summed E-state index contributed by atoms with van der Waals surface area (Å²) in [6, 6.07) is 4.62. The minimum Gasteiger partial charge on any atom is -0.385 e. The van der Waals surface area contributed by atoms with Crippen molar-refractivity contribution in [3.05, 3.63) is 34.6 Å². The highest BCUT2D eigenvalue weighted by atomic mass is 35.5. The molecular formula is C20H26ClFN2O3. The fourth-order valence-electron chi connectivity index (χ4n) is 4.18. The molecule has 7 heteroatoms. The number of nitrogens with zero attached hydrogens (tertiary/aromatic N) is 2. The molecule has 0 bridgehead atoms. The molecule has 0 aliphatic carbocycles. The van der Waals surface area contributed by atoms with Gasteiger partial charge in [0.25, 0.3) is 0 Å². The van der Waals surface area contributed by atoms with Gasteiger partial charge in [-0.05, 0) is 42.9 Å². The van der Waals surface area contributed by atoms with Crippen molar-refractivity contribution < 1.29 is 18.7 Å². The molecular weight excluding hydrogens is 371 g/mol. The molecule has 5 nitrogen and oxygen atoms in total. The second-order valence-corrected chi connectivity index (χ2v) is 7.76. The van der Waals surface area contributed by atoms with E-state index in [1.165, 1.54) is 12.1 Å². The minimum absolute atomic E-state index is 0.0268. The van der Waals surface area contributed by atoms with Crippen molar-refractivity contribution in [1.82, 2.24) is 9.80 Å². The molecule has 0 radical (unpaired) electrons. The quantitative estimate of drug-likeness (QED) is 0.695. The number of hydrogen-bond donors (Lipinski definition) is 0. The van der Waals surface area contributed by atoms with Crippen LogP contribution in [0.25, 0.3) is 0 Å². The van der Waals surface area contributed by atoms with Crippen molar-refractivity contribution in [2.24, 2.45) is 5.92 Å². The third-order valence-corrected chi connectivity index (χ3v) is 5.87. The summed E-state index contributed by atoms with van der Waals surface area (Å²) in [5.41, 5.74) is 0.716. The highest BCUT2D eigenvalue weighted by Gasteiger charge is 2.39. The van der Waals surface area contributed by atoms with Crippen LogP contribution in [0.3, 0.4) is 0 Å². The van der Waals surface area contributed by atoms with E-state index in [1.807, 2.05) is 9.80 Å². The van der Waals surface area contributed by atoms with E-state index in [1.54, 1.807) is 13.2 Å². The number of methoxy groups -OCH3 is 1. The molecule has 2 fully saturated rings. The second kappa shape index (κ2) is 9.02. The number of amides is 2. The van der Waals surface area contributed by atoms with Crippen LogP contribution < -0.4 is 0 Å². The van der Waals surface area contributed by atoms with Gasteiger partial charge in [-0.3, -0.25) is 9.59 Å². The smallest absolute Gasteiger partial charge is 0.227 e. The van der Waals surface area contributed by atoms with E-state index in [-0.39, 0.29) is 29.3 Å². The van der Waals surface area contributed by atoms with Crippen molar-refractivity contribution >= 4 is 23.4 Å². The number of halogens is 2. The van der Waals surface area contributed by atoms with E-state index in [0.29, 0.717) is 37.6 Å². The van der Waals surface area contributed by atoms with Crippen LogP contribution in [-0.2, 0) is 20.7 Å². The number of hydrogen-bond acceptors (Lipinski definition) is 3. The number of likely N-dealkylation sites (tertiary alicyclic amines) is 2. The Balaban J connectivity index is 1.59. The van der Waals surface area contributed by atoms with Crippen LogP contribution in [0.4, 0.5) is 4.39 Å². The molecule has 148 valence electrons. The number of carbonyl (C=O) groups is 2. The number of fused-ring (bicyclic) bond motifs is 1. The Morgan fingerprint density at radius 3 is 2.93 bits per heavy atom. The minimum atomic E-state index is -0.478. The standard InChI is InChI=1S/C20H26ClFN2O3/c1-27-10-2-8-24-18-7-9-23(13-15(18)4-6-19(24)25)20(26)12-14-3-5-17(22)16(21)11-14/h3,5,11,15,18H,2,4,6-10,12-13H2,1H3/t15-,18+/m0/s1. The average molecular weight is 397 g/mol. The van der Waals surface area contributed by atoms with Crippen molar-refractivity contribution in [3.8, 4) is 0 Å². The van der Waals surface area contributed by atoms with E-state index in [9.17, 15) is 14.0 Å². The summed E-state index contributed by atoms with van der Waals surface area (Å²) in [5.74, 6) is 0.0842. The second-order valence-electron chi connectivity index (χ2n) is 7.35. The Morgan fingerprint density at radius 2 is 2.19 bits per heavy atom. The molecule has 2 amide bonds. The van der Waals surface area contributed by atoms with Crippen molar-refractivity contribution in [2.75, 3.05) is 33.4 Å². The van der Waals surface area contributed by atoms with Crippen LogP contribution in [0.1, 0.15) is 31.2 Å². The van der Waals surface area contributed by atoms with E-state index in [0.717, 1.165) is 25.8 Å². The highest BCUT2D eigenvalue weighted by molar-refractivity contribution is 6.30. The van der Waals surface area contributed by atoms with Crippen molar-refractivity contribution in [3.63, 3.8) is 0 Å². The lowest BCUT2D eigenvalue weighted by Gasteiger charge is -2.47. The maximum atomic E-state index is 13.3. The first-order valence-corrected chi connectivity index (χ1v) is 9.87. The van der Waals surface area contributed by atoms with Crippen LogP contribution in [-0.4, -0.2) is 61.0 Å². The Morgan fingerprint density at radius 1 is 1.37 bits per heavy atom. The first kappa shape index (κ1) is 20.1. The molecule has 1 aromatic rings. The number of rotatable bonds is 6. The molecule has 0 N–H and O–H groups in total. The van der Waals surface area contributed by atoms with Gasteiger partial charge in [-0.15, -0.1) is 0 Å². The van der Waals surface area contributed by atoms with Gasteiger partial charge in [0.05, 0.1) is 11.4 Å². The maximum absolute atomic E-state index is 13.3. The zero-order valence-corrected chi connectivity index (χ0v) is 16.4. The Hall–Kier alpha value is -1.66. The van der Waals surface area contributed by atoms with Crippen LogP contribution in [0, 0.1) is 11.7 Å². The molecule has 27 heavy (non-hydrogen) atoms. The molecule has 3 rings (SSSR count). The average Bonchev–Trinajstić information content (AvgIpc) is 2.66. The summed E-state index contributed by atoms with van der Waals surface area (Å²) in [6.45, 7) is 2.68. The topological polar surface area (TPSA) is 49.9 Å². The van der Waals surface area contributed by atoms with Gasteiger partial charge in [-0.25, -0.2) is 4.39 Å². The molecule has 2 atom stereocenters. The largest absolute Gasteiger partial charge is 0.385 e. The molecule has 1 aromatic carbocycles. The zero-order chi connectivity index (χ0) is 19.4. The van der Waals surface area contributed by atoms with E-state index >= 15 is 0 Å². The molecule has 0 saturated carbocycles. The molecule has 2 saturated heterocycles. The lowest BCUT2D eigenvalue weighted by Crippen LogP contribution is -2.57. The predicted molar refractivity (Wildman–Crippen MR) is 101 cm³/mol. The van der Waals surface area contributed by atoms with Gasteiger partial charge in [0.2, 0.25) is 11.8 Å². The molecule has 0 unspecified atom stereocenters. The van der Waals surface area contributed by atoms with Gasteiger partial charge in [0, 0.05) is 45.8 Å². The normalized spacial score (nSPS) is 22.7. The van der Waals surface area contributed by atoms with Crippen LogP contribution in [0.5, 0.6) is 0 Å². The van der Waals surface area contributed by atoms with Crippen LogP contribution in [0.2, 0.25) is 5.02 Å². The predicted octanol–water partition coefficient (Wildman–Crippen LogP) is 2.90. The number of piperidine rings is 2. The van der Waals surface area contributed by atoms with Gasteiger partial charge in [0.1, 0.15) is 5.82 Å². The summed E-state index contributed by atoms with van der Waals surface area (Å²) >= 11 is 5.81. The Bertz CT molecular complexity index is 700. The fourth-order valence-corrected chi connectivity index (χ4v) is 4.39. The highest BCUT2D eigenvalue weighted by Crippen LogP contribution is 2.31. The Kier molecular flexibility index (Phi) is 6.71. The third kappa shape index (κ3) is 4.79. The van der Waals surface area contributed by atoms with Gasteiger partial charge in [-0.2, -0.15) is 0 Å². The SMILES string of the molecule is COCCCN1C(=O)CC[C@H]2CN(C(=O)Cc3ccc(F)c(Cl)c3)CC[C@H]21. The zero-order valence-electron chi connectivity index (χ0n) is 15.6. The lowest BCUT2D eigenvalue weighted by molar-refractivity contribution is -0.144. The third-order valence-electron chi connectivity index (χ3n) is 5.58. The summed E-state index contributed by atoms with van der Waals surface area (Å²) in [5, 5.41) is 0.0384. The van der Waals surface area contributed by atoms with Gasteiger partial charge >= 0.3 is 0 Å². The summed E-state index contributed by atoms with van der Waals surface area (Å²) in [6.07, 6.45) is 3.23. The monoisotopic (exact) mass is 396 g/mol. The van der Waals surface area contributed by atoms with Crippen molar-refractivity contribution in [2.45, 2.75) is 38.1 Å². The number of ether oxygens (including phenoxy) is 1.